The summed E-state index contributed by atoms with van der Waals surface area (Å²) < 4.78 is 7.79. The summed E-state index contributed by atoms with van der Waals surface area (Å²) in [6.07, 6.45) is 10.6. The highest BCUT2D eigenvalue weighted by Gasteiger charge is 2.55. The molecule has 5 nitrogen and oxygen atoms in total. The van der Waals surface area contributed by atoms with Crippen molar-refractivity contribution in [1.29, 1.82) is 0 Å². The van der Waals surface area contributed by atoms with Crippen LogP contribution in [-0.2, 0) is 23.0 Å². The molecule has 2 aliphatic rings. The summed E-state index contributed by atoms with van der Waals surface area (Å²) in [5.41, 5.74) is 1.31. The zero-order valence-electron chi connectivity index (χ0n) is 14.4. The Hall–Kier alpha value is -1.36. The standard InChI is InChI=1S/C18H29N3O2/c1-3-23-16-13-15(18(16)10-5-4-6-11-18)20-17(22)8-7-14-9-12-19-21(14)2/h9,12,15-16H,3-8,10-11,13H2,1-2H3,(H,20,22). The smallest absolute Gasteiger partial charge is 0.220 e. The maximum Gasteiger partial charge on any atom is 0.220 e. The third-order valence-electron chi connectivity index (χ3n) is 5.80. The van der Waals surface area contributed by atoms with Crippen LogP contribution < -0.4 is 5.32 Å². The Morgan fingerprint density at radius 1 is 1.43 bits per heavy atom. The van der Waals surface area contributed by atoms with Gasteiger partial charge >= 0.3 is 0 Å². The predicted molar refractivity (Wildman–Crippen MR) is 89.0 cm³/mol. The van der Waals surface area contributed by atoms with Gasteiger partial charge in [-0.3, -0.25) is 9.48 Å². The first-order valence-corrected chi connectivity index (χ1v) is 9.03. The van der Waals surface area contributed by atoms with E-state index in [0.717, 1.165) is 25.1 Å². The van der Waals surface area contributed by atoms with Gasteiger partial charge < -0.3 is 10.1 Å². The summed E-state index contributed by atoms with van der Waals surface area (Å²) in [4.78, 5) is 12.4. The Balaban J connectivity index is 1.54. The molecule has 1 N–H and O–H groups in total. The number of aromatic nitrogens is 2. The number of carbonyl (C=O) groups excluding carboxylic acids is 1. The molecule has 2 aliphatic carbocycles. The van der Waals surface area contributed by atoms with Gasteiger partial charge in [-0.15, -0.1) is 0 Å². The largest absolute Gasteiger partial charge is 0.378 e. The van der Waals surface area contributed by atoms with E-state index in [1.54, 1.807) is 6.20 Å². The molecule has 1 heterocycles. The third-order valence-corrected chi connectivity index (χ3v) is 5.80. The van der Waals surface area contributed by atoms with E-state index in [1.807, 2.05) is 17.8 Å². The van der Waals surface area contributed by atoms with Crippen LogP contribution in [0.2, 0.25) is 0 Å². The summed E-state index contributed by atoms with van der Waals surface area (Å²) >= 11 is 0. The van der Waals surface area contributed by atoms with Crippen molar-refractivity contribution in [1.82, 2.24) is 15.1 Å². The number of aryl methyl sites for hydroxylation is 2. The van der Waals surface area contributed by atoms with Crippen LogP contribution in [0.15, 0.2) is 12.3 Å². The minimum Gasteiger partial charge on any atom is -0.378 e. The molecule has 1 aromatic heterocycles. The lowest BCUT2D eigenvalue weighted by molar-refractivity contribution is -0.157. The molecule has 3 rings (SSSR count). The Bertz CT molecular complexity index is 534. The number of nitrogens with one attached hydrogen (secondary N) is 1. The topological polar surface area (TPSA) is 56.1 Å². The Kier molecular flexibility index (Phi) is 5.05. The molecule has 0 bridgehead atoms. The van der Waals surface area contributed by atoms with Gasteiger partial charge in [-0.1, -0.05) is 19.3 Å². The number of amides is 1. The van der Waals surface area contributed by atoms with Crippen LogP contribution in [0.1, 0.15) is 57.6 Å². The van der Waals surface area contributed by atoms with Gasteiger partial charge in [0.15, 0.2) is 0 Å². The van der Waals surface area contributed by atoms with Crippen molar-refractivity contribution in [3.63, 3.8) is 0 Å². The average molecular weight is 319 g/mol. The van der Waals surface area contributed by atoms with E-state index >= 15 is 0 Å². The molecule has 0 saturated heterocycles. The molecule has 5 heteroatoms. The highest BCUT2D eigenvalue weighted by atomic mass is 16.5. The van der Waals surface area contributed by atoms with Crippen molar-refractivity contribution >= 4 is 5.91 Å². The van der Waals surface area contributed by atoms with Crippen molar-refractivity contribution < 1.29 is 9.53 Å². The zero-order chi connectivity index (χ0) is 16.3. The maximum atomic E-state index is 12.4. The summed E-state index contributed by atoms with van der Waals surface area (Å²) in [6.45, 7) is 2.84. The fraction of sp³-hybridized carbons (Fsp3) is 0.778. The van der Waals surface area contributed by atoms with Crippen LogP contribution in [0.5, 0.6) is 0 Å². The van der Waals surface area contributed by atoms with Crippen LogP contribution in [0.25, 0.3) is 0 Å². The highest BCUT2D eigenvalue weighted by Crippen LogP contribution is 2.53. The van der Waals surface area contributed by atoms with E-state index in [2.05, 4.69) is 17.3 Å². The van der Waals surface area contributed by atoms with E-state index in [4.69, 9.17) is 4.74 Å². The van der Waals surface area contributed by atoms with Crippen molar-refractivity contribution in [3.05, 3.63) is 18.0 Å². The fourth-order valence-corrected chi connectivity index (χ4v) is 4.42. The fourth-order valence-electron chi connectivity index (χ4n) is 4.42. The van der Waals surface area contributed by atoms with Gasteiger partial charge in [-0.25, -0.2) is 0 Å². The lowest BCUT2D eigenvalue weighted by atomic mass is 9.55. The molecule has 128 valence electrons. The first-order valence-electron chi connectivity index (χ1n) is 9.03. The molecular weight excluding hydrogens is 290 g/mol. The summed E-state index contributed by atoms with van der Waals surface area (Å²) in [7, 11) is 1.92. The first kappa shape index (κ1) is 16.5. The van der Waals surface area contributed by atoms with Gasteiger partial charge in [-0.2, -0.15) is 5.10 Å². The third kappa shape index (κ3) is 3.30. The summed E-state index contributed by atoms with van der Waals surface area (Å²) in [6, 6.07) is 2.28. The number of nitrogens with zero attached hydrogens (tertiary/aromatic N) is 2. The number of ether oxygens (including phenoxy) is 1. The Morgan fingerprint density at radius 3 is 2.87 bits per heavy atom. The number of hydrogen-bond donors (Lipinski definition) is 1. The maximum absolute atomic E-state index is 12.4. The quantitative estimate of drug-likeness (QED) is 0.877. The molecule has 23 heavy (non-hydrogen) atoms. The molecule has 0 aromatic carbocycles. The molecule has 0 aliphatic heterocycles. The molecule has 1 spiro atoms. The van der Waals surface area contributed by atoms with Gasteiger partial charge in [0.1, 0.15) is 0 Å². The number of carbonyl (C=O) groups is 1. The second-order valence-electron chi connectivity index (χ2n) is 7.04. The SMILES string of the molecule is CCOC1CC(NC(=O)CCc2ccnn2C)C12CCCCC2. The van der Waals surface area contributed by atoms with Gasteiger partial charge in [0.25, 0.3) is 0 Å². The lowest BCUT2D eigenvalue weighted by Gasteiger charge is -2.57. The Morgan fingerprint density at radius 2 is 2.22 bits per heavy atom. The average Bonchev–Trinajstić information content (AvgIpc) is 2.98. The normalized spacial score (nSPS) is 26.0. The van der Waals surface area contributed by atoms with Crippen LogP contribution in [0.4, 0.5) is 0 Å². The van der Waals surface area contributed by atoms with Crippen molar-refractivity contribution in [2.24, 2.45) is 12.5 Å². The highest BCUT2D eigenvalue weighted by molar-refractivity contribution is 5.76. The molecule has 1 amide bonds. The van der Waals surface area contributed by atoms with E-state index < -0.39 is 0 Å². The lowest BCUT2D eigenvalue weighted by Crippen LogP contribution is -2.65. The van der Waals surface area contributed by atoms with Gasteiger partial charge in [0, 0.05) is 43.4 Å². The minimum atomic E-state index is 0.163. The van der Waals surface area contributed by atoms with E-state index in [1.165, 1.54) is 32.1 Å². The van der Waals surface area contributed by atoms with E-state index in [0.29, 0.717) is 18.6 Å². The molecule has 0 radical (unpaired) electrons. The molecular formula is C18H29N3O2. The second kappa shape index (κ2) is 7.04. The zero-order valence-corrected chi connectivity index (χ0v) is 14.4. The van der Waals surface area contributed by atoms with Crippen molar-refractivity contribution in [2.75, 3.05) is 6.61 Å². The first-order chi connectivity index (χ1) is 11.2. The molecule has 1 aromatic rings. The summed E-state index contributed by atoms with van der Waals surface area (Å²) in [5.74, 6) is 0.163. The Labute approximate surface area is 138 Å². The van der Waals surface area contributed by atoms with Crippen molar-refractivity contribution in [3.8, 4) is 0 Å². The van der Waals surface area contributed by atoms with Crippen LogP contribution in [-0.4, -0.2) is 34.4 Å². The van der Waals surface area contributed by atoms with Gasteiger partial charge in [-0.05, 0) is 38.7 Å². The van der Waals surface area contributed by atoms with Gasteiger partial charge in [0.05, 0.1) is 6.10 Å². The van der Waals surface area contributed by atoms with Crippen LogP contribution in [0, 0.1) is 5.41 Å². The van der Waals surface area contributed by atoms with Gasteiger partial charge in [0.2, 0.25) is 5.91 Å². The molecule has 2 saturated carbocycles. The van der Waals surface area contributed by atoms with Crippen molar-refractivity contribution in [2.45, 2.75) is 70.4 Å². The monoisotopic (exact) mass is 319 g/mol. The molecule has 2 atom stereocenters. The minimum absolute atomic E-state index is 0.163. The number of rotatable bonds is 6. The second-order valence-corrected chi connectivity index (χ2v) is 7.04. The van der Waals surface area contributed by atoms with E-state index in [-0.39, 0.29) is 11.3 Å². The molecule has 2 fully saturated rings. The predicted octanol–water partition coefficient (Wildman–Crippen LogP) is 2.60. The molecule has 2 unspecified atom stereocenters. The summed E-state index contributed by atoms with van der Waals surface area (Å²) in [5, 5.41) is 7.45. The van der Waals surface area contributed by atoms with Crippen LogP contribution >= 0.6 is 0 Å². The van der Waals surface area contributed by atoms with E-state index in [9.17, 15) is 4.79 Å². The number of hydrogen-bond acceptors (Lipinski definition) is 3. The van der Waals surface area contributed by atoms with Crippen LogP contribution in [0.3, 0.4) is 0 Å².